The van der Waals surface area contributed by atoms with Gasteiger partial charge in [-0.3, -0.25) is 24.6 Å². The van der Waals surface area contributed by atoms with Gasteiger partial charge in [0.15, 0.2) is 5.11 Å². The normalized spacial score (nSPS) is 15.6. The summed E-state index contributed by atoms with van der Waals surface area (Å²) in [6.07, 6.45) is 3.11. The van der Waals surface area contributed by atoms with Crippen LogP contribution in [0.3, 0.4) is 0 Å². The van der Waals surface area contributed by atoms with Gasteiger partial charge in [-0.2, -0.15) is 0 Å². The Bertz CT molecular complexity index is 1310. The van der Waals surface area contributed by atoms with Gasteiger partial charge in [-0.05, 0) is 55.4 Å². The van der Waals surface area contributed by atoms with Crippen LogP contribution in [0.25, 0.3) is 17.0 Å². The first kappa shape index (κ1) is 20.5. The van der Waals surface area contributed by atoms with Gasteiger partial charge in [0, 0.05) is 22.7 Å². The smallest absolute Gasteiger partial charge is 0.323 e. The summed E-state index contributed by atoms with van der Waals surface area (Å²) in [5, 5.41) is 12.6. The van der Waals surface area contributed by atoms with Crippen molar-refractivity contribution in [1.82, 2.24) is 9.88 Å². The van der Waals surface area contributed by atoms with Crippen LogP contribution in [0.1, 0.15) is 16.7 Å². The van der Waals surface area contributed by atoms with Crippen LogP contribution in [0.5, 0.6) is 0 Å². The molecule has 156 valence electrons. The van der Waals surface area contributed by atoms with Crippen LogP contribution in [-0.2, 0) is 20.9 Å². The van der Waals surface area contributed by atoms with E-state index in [9.17, 15) is 19.5 Å². The second-order valence-electron chi connectivity index (χ2n) is 7.30. The number of carbonyl (C=O) groups is 3. The minimum atomic E-state index is -0.988. The summed E-state index contributed by atoms with van der Waals surface area (Å²) < 4.78 is 1.57. The zero-order valence-electron chi connectivity index (χ0n) is 16.9. The molecule has 0 saturated carbocycles. The van der Waals surface area contributed by atoms with Crippen molar-refractivity contribution in [2.75, 3.05) is 4.90 Å². The molecule has 31 heavy (non-hydrogen) atoms. The topological polar surface area (TPSA) is 91.6 Å². The number of aromatic nitrogens is 1. The quantitative estimate of drug-likeness (QED) is 0.375. The number of rotatable bonds is 4. The highest BCUT2D eigenvalue weighted by atomic mass is 32.1. The summed E-state index contributed by atoms with van der Waals surface area (Å²) in [5.41, 5.74) is 3.67. The van der Waals surface area contributed by atoms with Crippen LogP contribution < -0.4 is 10.2 Å². The number of benzene rings is 2. The first-order chi connectivity index (χ1) is 14.8. The van der Waals surface area contributed by atoms with Gasteiger partial charge in [0.25, 0.3) is 11.8 Å². The van der Waals surface area contributed by atoms with Crippen LogP contribution in [0, 0.1) is 13.8 Å². The third-order valence-electron chi connectivity index (χ3n) is 5.34. The SMILES string of the molecule is Cc1cccc(N2C(=O)C(=Cc3cn(CC(=O)O)c4ccccc34)C(=O)NC2=S)c1C. The van der Waals surface area contributed by atoms with E-state index in [4.69, 9.17) is 12.2 Å². The molecule has 4 rings (SSSR count). The maximum absolute atomic E-state index is 13.3. The lowest BCUT2D eigenvalue weighted by molar-refractivity contribution is -0.137. The van der Waals surface area contributed by atoms with Crippen molar-refractivity contribution < 1.29 is 19.5 Å². The van der Waals surface area contributed by atoms with Crippen molar-refractivity contribution in [3.05, 3.63) is 70.9 Å². The zero-order chi connectivity index (χ0) is 22.3. The van der Waals surface area contributed by atoms with Crippen molar-refractivity contribution in [1.29, 1.82) is 0 Å². The second kappa shape index (κ2) is 7.81. The molecule has 0 radical (unpaired) electrons. The minimum absolute atomic E-state index is 0.0224. The molecule has 0 bridgehead atoms. The molecule has 0 atom stereocenters. The second-order valence-corrected chi connectivity index (χ2v) is 7.69. The monoisotopic (exact) mass is 433 g/mol. The summed E-state index contributed by atoms with van der Waals surface area (Å²) >= 11 is 5.29. The standard InChI is InChI=1S/C23H19N3O4S/c1-13-6-5-9-18(14(13)2)26-22(30)17(21(29)24-23(26)31)10-15-11-25(12-20(27)28)19-8-4-3-7-16(15)19/h3-11H,12H2,1-2H3,(H,27,28)(H,24,29,31). The van der Waals surface area contributed by atoms with E-state index >= 15 is 0 Å². The van der Waals surface area contributed by atoms with Crippen molar-refractivity contribution in [3.63, 3.8) is 0 Å². The molecule has 0 aliphatic carbocycles. The number of nitrogens with one attached hydrogen (secondary N) is 1. The van der Waals surface area contributed by atoms with Crippen molar-refractivity contribution in [2.45, 2.75) is 20.4 Å². The molecule has 2 N–H and O–H groups in total. The lowest BCUT2D eigenvalue weighted by atomic mass is 10.0. The molecule has 8 heteroatoms. The maximum Gasteiger partial charge on any atom is 0.323 e. The number of amides is 2. The van der Waals surface area contributed by atoms with E-state index in [2.05, 4.69) is 5.32 Å². The van der Waals surface area contributed by atoms with Crippen molar-refractivity contribution in [3.8, 4) is 0 Å². The maximum atomic E-state index is 13.3. The third kappa shape index (κ3) is 3.62. The lowest BCUT2D eigenvalue weighted by Crippen LogP contribution is -2.54. The van der Waals surface area contributed by atoms with Gasteiger partial charge in [-0.25, -0.2) is 0 Å². The van der Waals surface area contributed by atoms with E-state index in [-0.39, 0.29) is 17.2 Å². The fourth-order valence-corrected chi connectivity index (χ4v) is 3.95. The first-order valence-corrected chi connectivity index (χ1v) is 9.96. The summed E-state index contributed by atoms with van der Waals surface area (Å²) in [6, 6.07) is 12.8. The number of carboxylic acids is 1. The van der Waals surface area contributed by atoms with Crippen LogP contribution in [0.15, 0.2) is 54.2 Å². The Balaban J connectivity index is 1.83. The Labute approximate surface area is 183 Å². The molecule has 1 aromatic heterocycles. The Morgan fingerprint density at radius 2 is 1.87 bits per heavy atom. The molecule has 1 fully saturated rings. The predicted molar refractivity (Wildman–Crippen MR) is 122 cm³/mol. The molecule has 1 saturated heterocycles. The van der Waals surface area contributed by atoms with E-state index in [1.165, 1.54) is 11.0 Å². The number of thiocarbonyl (C=S) groups is 1. The van der Waals surface area contributed by atoms with E-state index in [0.29, 0.717) is 16.8 Å². The molecule has 2 aromatic carbocycles. The van der Waals surface area contributed by atoms with E-state index < -0.39 is 17.8 Å². The number of aryl methyl sites for hydroxylation is 1. The number of anilines is 1. The Morgan fingerprint density at radius 1 is 1.13 bits per heavy atom. The molecule has 0 spiro atoms. The average Bonchev–Trinajstić information content (AvgIpc) is 3.05. The van der Waals surface area contributed by atoms with E-state index in [1.54, 1.807) is 29.0 Å². The number of hydrogen-bond acceptors (Lipinski definition) is 4. The van der Waals surface area contributed by atoms with Crippen LogP contribution in [0.2, 0.25) is 0 Å². The highest BCUT2D eigenvalue weighted by Gasteiger charge is 2.35. The number of hydrogen-bond donors (Lipinski definition) is 2. The van der Waals surface area contributed by atoms with Crippen LogP contribution in [0.4, 0.5) is 5.69 Å². The van der Waals surface area contributed by atoms with Gasteiger partial charge < -0.3 is 9.67 Å². The fraction of sp³-hybridized carbons (Fsp3) is 0.130. The van der Waals surface area contributed by atoms with Crippen LogP contribution >= 0.6 is 12.2 Å². The number of fused-ring (bicyclic) bond motifs is 1. The third-order valence-corrected chi connectivity index (χ3v) is 5.63. The average molecular weight is 433 g/mol. The van der Waals surface area contributed by atoms with Crippen molar-refractivity contribution >= 4 is 57.8 Å². The van der Waals surface area contributed by atoms with Crippen molar-refractivity contribution in [2.24, 2.45) is 0 Å². The first-order valence-electron chi connectivity index (χ1n) is 9.55. The summed E-state index contributed by atoms with van der Waals surface area (Å²) in [4.78, 5) is 38.6. The van der Waals surface area contributed by atoms with Gasteiger partial charge in [0.1, 0.15) is 12.1 Å². The Hall–Kier alpha value is -3.78. The van der Waals surface area contributed by atoms with E-state index in [1.807, 2.05) is 38.1 Å². The molecule has 1 aliphatic heterocycles. The predicted octanol–water partition coefficient (Wildman–Crippen LogP) is 3.17. The van der Waals surface area contributed by atoms with Gasteiger partial charge >= 0.3 is 5.97 Å². The lowest BCUT2D eigenvalue weighted by Gasteiger charge is -2.30. The molecule has 7 nitrogen and oxygen atoms in total. The molecule has 2 amide bonds. The van der Waals surface area contributed by atoms with E-state index in [0.717, 1.165) is 16.5 Å². The highest BCUT2D eigenvalue weighted by molar-refractivity contribution is 7.80. The number of para-hydroxylation sites is 1. The zero-order valence-corrected chi connectivity index (χ0v) is 17.7. The Morgan fingerprint density at radius 3 is 2.61 bits per heavy atom. The highest BCUT2D eigenvalue weighted by Crippen LogP contribution is 2.29. The van der Waals surface area contributed by atoms with Gasteiger partial charge in [-0.15, -0.1) is 0 Å². The minimum Gasteiger partial charge on any atom is -0.480 e. The fourth-order valence-electron chi connectivity index (χ4n) is 3.68. The summed E-state index contributed by atoms with van der Waals surface area (Å²) in [6.45, 7) is 3.59. The molecule has 1 aliphatic rings. The Kier molecular flexibility index (Phi) is 5.16. The van der Waals surface area contributed by atoms with Crippen LogP contribution in [-0.4, -0.2) is 32.6 Å². The molecule has 0 unspecified atom stereocenters. The number of aliphatic carboxylic acids is 1. The van der Waals surface area contributed by atoms with Gasteiger partial charge in [-0.1, -0.05) is 30.3 Å². The number of carbonyl (C=O) groups excluding carboxylic acids is 2. The summed E-state index contributed by atoms with van der Waals surface area (Å²) in [7, 11) is 0. The molecule has 3 aromatic rings. The van der Waals surface area contributed by atoms with Gasteiger partial charge in [0.05, 0.1) is 5.69 Å². The molecular weight excluding hydrogens is 414 g/mol. The molecular formula is C23H19N3O4S. The molecule has 2 heterocycles. The summed E-state index contributed by atoms with van der Waals surface area (Å²) in [5.74, 6) is -2.11. The largest absolute Gasteiger partial charge is 0.480 e. The van der Waals surface area contributed by atoms with Gasteiger partial charge in [0.2, 0.25) is 0 Å². The number of nitrogens with zero attached hydrogens (tertiary/aromatic N) is 2. The number of carboxylic acid groups (broad SMARTS) is 1.